The van der Waals surface area contributed by atoms with Gasteiger partial charge in [0, 0.05) is 17.8 Å². The highest BCUT2D eigenvalue weighted by atomic mass is 35.5. The summed E-state index contributed by atoms with van der Waals surface area (Å²) in [5.74, 6) is 0.125. The Bertz CT molecular complexity index is 1290. The number of nitrogens with one attached hydrogen (secondary N) is 1. The molecule has 0 bridgehead atoms. The molecule has 1 aromatic heterocycles. The first-order chi connectivity index (χ1) is 15.9. The zero-order valence-electron chi connectivity index (χ0n) is 18.2. The van der Waals surface area contributed by atoms with Crippen molar-refractivity contribution in [2.24, 2.45) is 0 Å². The number of amides is 1. The fourth-order valence-electron chi connectivity index (χ4n) is 3.31. The summed E-state index contributed by atoms with van der Waals surface area (Å²) >= 11 is 7.09. The van der Waals surface area contributed by atoms with Crippen LogP contribution >= 0.6 is 23.4 Å². The number of aromatic nitrogens is 3. The lowest BCUT2D eigenvalue weighted by molar-refractivity contribution is -0.113. The molecule has 3 aromatic carbocycles. The van der Waals surface area contributed by atoms with E-state index in [4.69, 9.17) is 11.6 Å². The number of rotatable bonds is 7. The highest BCUT2D eigenvalue weighted by molar-refractivity contribution is 7.99. The van der Waals surface area contributed by atoms with Crippen molar-refractivity contribution in [1.29, 1.82) is 0 Å². The molecule has 33 heavy (non-hydrogen) atoms. The summed E-state index contributed by atoms with van der Waals surface area (Å²) in [6.45, 7) is 4.13. The van der Waals surface area contributed by atoms with Gasteiger partial charge in [-0.25, -0.2) is 4.39 Å². The van der Waals surface area contributed by atoms with Gasteiger partial charge in [-0.05, 0) is 60.9 Å². The van der Waals surface area contributed by atoms with Gasteiger partial charge in [0.15, 0.2) is 5.16 Å². The van der Waals surface area contributed by atoms with E-state index >= 15 is 0 Å². The predicted octanol–water partition coefficient (Wildman–Crippen LogP) is 6.00. The quantitative estimate of drug-likeness (QED) is 0.330. The number of carbonyl (C=O) groups is 1. The largest absolute Gasteiger partial charge is 0.325 e. The van der Waals surface area contributed by atoms with Gasteiger partial charge in [-0.15, -0.1) is 10.2 Å². The number of nitrogens with zero attached hydrogens (tertiary/aromatic N) is 3. The maximum atomic E-state index is 13.4. The molecule has 0 aliphatic rings. The van der Waals surface area contributed by atoms with Gasteiger partial charge < -0.3 is 5.32 Å². The Kier molecular flexibility index (Phi) is 7.11. The molecule has 1 heterocycles. The molecule has 4 rings (SSSR count). The monoisotopic (exact) mass is 480 g/mol. The summed E-state index contributed by atoms with van der Waals surface area (Å²) in [7, 11) is 0. The molecule has 0 aliphatic carbocycles. The van der Waals surface area contributed by atoms with Crippen molar-refractivity contribution in [3.05, 3.63) is 100 Å². The van der Waals surface area contributed by atoms with Gasteiger partial charge in [0.1, 0.15) is 11.6 Å². The topological polar surface area (TPSA) is 59.8 Å². The molecule has 5 nitrogen and oxygen atoms in total. The van der Waals surface area contributed by atoms with Gasteiger partial charge >= 0.3 is 0 Å². The first-order valence-electron chi connectivity index (χ1n) is 10.3. The second-order valence-electron chi connectivity index (χ2n) is 7.63. The predicted molar refractivity (Wildman–Crippen MR) is 131 cm³/mol. The van der Waals surface area contributed by atoms with Gasteiger partial charge in [-0.3, -0.25) is 9.36 Å². The highest BCUT2D eigenvalue weighted by Crippen LogP contribution is 2.26. The lowest BCUT2D eigenvalue weighted by Gasteiger charge is -2.12. The summed E-state index contributed by atoms with van der Waals surface area (Å²) in [5.41, 5.74) is 4.86. The van der Waals surface area contributed by atoms with Crippen molar-refractivity contribution in [3.63, 3.8) is 0 Å². The molecule has 1 amide bonds. The Morgan fingerprint density at radius 2 is 1.82 bits per heavy atom. The minimum Gasteiger partial charge on any atom is -0.325 e. The van der Waals surface area contributed by atoms with Crippen molar-refractivity contribution in [2.75, 3.05) is 11.1 Å². The van der Waals surface area contributed by atoms with Crippen molar-refractivity contribution in [1.82, 2.24) is 14.8 Å². The molecule has 0 spiro atoms. The van der Waals surface area contributed by atoms with Crippen molar-refractivity contribution in [3.8, 4) is 5.69 Å². The number of carbonyl (C=O) groups excluding carboxylic acids is 1. The summed E-state index contributed by atoms with van der Waals surface area (Å²) in [5, 5.41) is 12.1. The normalized spacial score (nSPS) is 10.9. The number of benzene rings is 3. The van der Waals surface area contributed by atoms with Crippen LogP contribution in [-0.4, -0.2) is 26.4 Å². The van der Waals surface area contributed by atoms with E-state index in [1.807, 2.05) is 41.0 Å². The van der Waals surface area contributed by atoms with Crippen LogP contribution in [0.5, 0.6) is 0 Å². The second-order valence-corrected chi connectivity index (χ2v) is 8.98. The van der Waals surface area contributed by atoms with E-state index in [9.17, 15) is 9.18 Å². The highest BCUT2D eigenvalue weighted by Gasteiger charge is 2.17. The Labute approximate surface area is 201 Å². The first kappa shape index (κ1) is 23.0. The number of aryl methyl sites for hydroxylation is 2. The smallest absolute Gasteiger partial charge is 0.234 e. The van der Waals surface area contributed by atoms with Crippen LogP contribution in [0.4, 0.5) is 10.1 Å². The zero-order valence-corrected chi connectivity index (χ0v) is 19.8. The van der Waals surface area contributed by atoms with Gasteiger partial charge in [-0.1, -0.05) is 59.8 Å². The van der Waals surface area contributed by atoms with Crippen LogP contribution in [0.15, 0.2) is 71.9 Å². The van der Waals surface area contributed by atoms with E-state index < -0.39 is 5.82 Å². The van der Waals surface area contributed by atoms with Crippen molar-refractivity contribution in [2.45, 2.75) is 25.4 Å². The van der Waals surface area contributed by atoms with Crippen LogP contribution in [0.2, 0.25) is 5.02 Å². The molecular formula is C25H22ClFN4OS. The molecular weight excluding hydrogens is 459 g/mol. The van der Waals surface area contributed by atoms with Gasteiger partial charge in [0.2, 0.25) is 5.91 Å². The molecule has 0 atom stereocenters. The average Bonchev–Trinajstić information content (AvgIpc) is 3.20. The molecule has 0 radical (unpaired) electrons. The summed E-state index contributed by atoms with van der Waals surface area (Å²) in [4.78, 5) is 12.5. The third-order valence-electron chi connectivity index (χ3n) is 5.19. The molecule has 168 valence electrons. The maximum Gasteiger partial charge on any atom is 0.234 e. The van der Waals surface area contributed by atoms with Crippen molar-refractivity contribution >= 4 is 35.0 Å². The Hall–Kier alpha value is -3.16. The van der Waals surface area contributed by atoms with Crippen molar-refractivity contribution < 1.29 is 9.18 Å². The summed E-state index contributed by atoms with van der Waals surface area (Å²) in [6, 6.07) is 20.3. The van der Waals surface area contributed by atoms with E-state index in [-0.39, 0.29) is 16.7 Å². The zero-order chi connectivity index (χ0) is 23.4. The van der Waals surface area contributed by atoms with Crippen LogP contribution in [-0.2, 0) is 11.2 Å². The Balaban J connectivity index is 1.57. The standard InChI is InChI=1S/C25H22ClFN4OS/c1-16-8-10-20(12-17(16)2)31-23(13-18-6-4-3-5-7-18)29-30-25(31)33-15-24(32)28-19-9-11-22(27)21(26)14-19/h3-12,14H,13,15H2,1-2H3,(H,28,32). The second kappa shape index (κ2) is 10.2. The number of anilines is 1. The van der Waals surface area contributed by atoms with E-state index in [2.05, 4.69) is 41.5 Å². The lowest BCUT2D eigenvalue weighted by atomic mass is 10.1. The van der Waals surface area contributed by atoms with Crippen LogP contribution in [0.1, 0.15) is 22.5 Å². The fraction of sp³-hybridized carbons (Fsp3) is 0.160. The maximum absolute atomic E-state index is 13.4. The van der Waals surface area contributed by atoms with E-state index in [0.717, 1.165) is 22.6 Å². The van der Waals surface area contributed by atoms with Crippen LogP contribution < -0.4 is 5.32 Å². The number of hydrogen-bond donors (Lipinski definition) is 1. The number of hydrogen-bond acceptors (Lipinski definition) is 4. The van der Waals surface area contributed by atoms with Crippen LogP contribution in [0.25, 0.3) is 5.69 Å². The summed E-state index contributed by atoms with van der Waals surface area (Å²) in [6.07, 6.45) is 0.613. The van der Waals surface area contributed by atoms with Gasteiger partial charge in [0.25, 0.3) is 0 Å². The molecule has 0 unspecified atom stereocenters. The van der Waals surface area contributed by atoms with Gasteiger partial charge in [-0.2, -0.15) is 0 Å². The Morgan fingerprint density at radius 1 is 1.03 bits per heavy atom. The molecule has 0 aliphatic heterocycles. The Morgan fingerprint density at radius 3 is 2.55 bits per heavy atom. The molecule has 0 saturated heterocycles. The first-order valence-corrected chi connectivity index (χ1v) is 11.7. The fourth-order valence-corrected chi connectivity index (χ4v) is 4.26. The third kappa shape index (κ3) is 5.61. The van der Waals surface area contributed by atoms with Crippen LogP contribution in [0, 0.1) is 19.7 Å². The third-order valence-corrected chi connectivity index (χ3v) is 6.41. The molecule has 0 fully saturated rings. The number of halogens is 2. The van der Waals surface area contributed by atoms with E-state index in [1.54, 1.807) is 0 Å². The summed E-state index contributed by atoms with van der Waals surface area (Å²) < 4.78 is 15.3. The minimum absolute atomic E-state index is 0.0412. The van der Waals surface area contributed by atoms with E-state index in [0.29, 0.717) is 17.3 Å². The molecule has 1 N–H and O–H groups in total. The van der Waals surface area contributed by atoms with E-state index in [1.165, 1.54) is 35.5 Å². The SMILES string of the molecule is Cc1ccc(-n2c(Cc3ccccc3)nnc2SCC(=O)Nc2ccc(F)c(Cl)c2)cc1C. The average molecular weight is 481 g/mol. The van der Waals surface area contributed by atoms with Crippen LogP contribution in [0.3, 0.4) is 0 Å². The molecule has 0 saturated carbocycles. The molecule has 8 heteroatoms. The molecule has 4 aromatic rings. The minimum atomic E-state index is -0.531. The number of thioether (sulfide) groups is 1. The van der Waals surface area contributed by atoms with Gasteiger partial charge in [0.05, 0.1) is 10.8 Å². The lowest BCUT2D eigenvalue weighted by Crippen LogP contribution is -2.14.